The number of aliphatic hydroxyl groups is 2. The summed E-state index contributed by atoms with van der Waals surface area (Å²) in [5, 5.41) is 23.3. The molecule has 0 bridgehead atoms. The molecule has 0 aliphatic carbocycles. The Morgan fingerprint density at radius 3 is 0.987 bits per heavy atom. The number of rotatable bonds is 66. The van der Waals surface area contributed by atoms with Gasteiger partial charge in [-0.1, -0.05) is 326 Å². The zero-order valence-electron chi connectivity index (χ0n) is 53.1. The Morgan fingerprint density at radius 2 is 0.633 bits per heavy atom. The number of unbranched alkanes of at least 4 members (excludes halogenated alkanes) is 47. The van der Waals surface area contributed by atoms with Gasteiger partial charge in [0, 0.05) is 12.8 Å². The zero-order chi connectivity index (χ0) is 57.1. The molecule has 0 heterocycles. The number of amides is 1. The average molecular weight is 1110 g/mol. The van der Waals surface area contributed by atoms with Gasteiger partial charge in [-0.2, -0.15) is 0 Å². The van der Waals surface area contributed by atoms with Crippen LogP contribution >= 0.6 is 0 Å². The molecule has 6 nitrogen and oxygen atoms in total. The van der Waals surface area contributed by atoms with E-state index in [9.17, 15) is 19.8 Å². The summed E-state index contributed by atoms with van der Waals surface area (Å²) < 4.78 is 5.48. The van der Waals surface area contributed by atoms with Gasteiger partial charge < -0.3 is 20.3 Å². The van der Waals surface area contributed by atoms with Crippen LogP contribution in [0.3, 0.4) is 0 Å². The number of esters is 1. The minimum atomic E-state index is -0.663. The summed E-state index contributed by atoms with van der Waals surface area (Å²) in [5.74, 6) is -0.0312. The first kappa shape index (κ1) is 76.8. The van der Waals surface area contributed by atoms with Crippen LogP contribution < -0.4 is 5.32 Å². The van der Waals surface area contributed by atoms with Crippen molar-refractivity contribution in [1.82, 2.24) is 5.32 Å². The highest BCUT2D eigenvalue weighted by molar-refractivity contribution is 5.76. The molecule has 6 heteroatoms. The third-order valence-electron chi connectivity index (χ3n) is 16.4. The van der Waals surface area contributed by atoms with Crippen LogP contribution in [0.2, 0.25) is 0 Å². The molecular weight excluding hydrogens is 971 g/mol. The number of aliphatic hydroxyl groups excluding tert-OH is 2. The van der Waals surface area contributed by atoms with Crippen molar-refractivity contribution in [2.75, 3.05) is 13.2 Å². The summed E-state index contributed by atoms with van der Waals surface area (Å²) in [7, 11) is 0. The predicted octanol–water partition coefficient (Wildman–Crippen LogP) is 22.9. The second kappa shape index (κ2) is 68.3. The summed E-state index contributed by atoms with van der Waals surface area (Å²) >= 11 is 0. The molecule has 0 saturated carbocycles. The first-order valence-corrected chi connectivity index (χ1v) is 35.4. The largest absolute Gasteiger partial charge is 0.466 e. The van der Waals surface area contributed by atoms with Crippen molar-refractivity contribution in [2.24, 2.45) is 0 Å². The van der Waals surface area contributed by atoms with Crippen molar-refractivity contribution in [3.8, 4) is 0 Å². The number of hydrogen-bond donors (Lipinski definition) is 3. The summed E-state index contributed by atoms with van der Waals surface area (Å²) in [4.78, 5) is 24.6. The Hall–Kier alpha value is -2.18. The van der Waals surface area contributed by atoms with Crippen molar-refractivity contribution in [1.29, 1.82) is 0 Å². The number of hydrogen-bond acceptors (Lipinski definition) is 5. The molecule has 0 aromatic rings. The predicted molar refractivity (Wildman–Crippen MR) is 347 cm³/mol. The van der Waals surface area contributed by atoms with Gasteiger partial charge in [-0.25, -0.2) is 0 Å². The van der Waals surface area contributed by atoms with Crippen LogP contribution in [0.1, 0.15) is 380 Å². The van der Waals surface area contributed by atoms with Crippen LogP contribution in [0, 0.1) is 0 Å². The summed E-state index contributed by atoms with van der Waals surface area (Å²) in [6, 6.07) is -0.540. The van der Waals surface area contributed by atoms with E-state index in [0.717, 1.165) is 57.8 Å². The Labute approximate surface area is 493 Å². The third kappa shape index (κ3) is 64.8. The number of carbonyl (C=O) groups excluding carboxylic acids is 2. The molecule has 0 aliphatic heterocycles. The number of carbonyl (C=O) groups is 2. The van der Waals surface area contributed by atoms with Crippen LogP contribution in [-0.2, 0) is 14.3 Å². The molecule has 1 amide bonds. The second-order valence-corrected chi connectivity index (χ2v) is 24.2. The fourth-order valence-electron chi connectivity index (χ4n) is 10.9. The highest BCUT2D eigenvalue weighted by Crippen LogP contribution is 2.18. The van der Waals surface area contributed by atoms with Gasteiger partial charge in [0.05, 0.1) is 25.4 Å². The molecule has 0 aromatic heterocycles. The van der Waals surface area contributed by atoms with Crippen LogP contribution in [0.15, 0.2) is 48.6 Å². The van der Waals surface area contributed by atoms with E-state index in [1.165, 1.54) is 289 Å². The molecule has 2 atom stereocenters. The van der Waals surface area contributed by atoms with Gasteiger partial charge >= 0.3 is 5.97 Å². The topological polar surface area (TPSA) is 95.9 Å². The lowest BCUT2D eigenvalue weighted by molar-refractivity contribution is -0.143. The lowest BCUT2D eigenvalue weighted by atomic mass is 10.0. The lowest BCUT2D eigenvalue weighted by Gasteiger charge is -2.22. The fraction of sp³-hybridized carbons (Fsp3) is 0.863. The molecule has 3 N–H and O–H groups in total. The zero-order valence-corrected chi connectivity index (χ0v) is 53.1. The molecule has 0 aliphatic rings. The molecule has 0 fully saturated rings. The standard InChI is InChI=1S/C73H137NO5/c1-3-5-7-9-11-13-15-17-38-43-47-51-55-59-63-67-73(78)79-68-64-60-56-52-48-44-40-37-35-33-31-29-27-25-23-21-19-20-22-24-26-28-30-32-34-36-39-42-46-50-54-58-62-66-72(77)74-70(69-75)71(76)65-61-57-53-49-45-41-18-16-14-12-10-8-6-4-2/h11,13,17,23,25,29,31,38,70-71,75-76H,3-10,12,14-16,18-22,24,26-28,30,32-37,39-69H2,1-2H3,(H,74,77)/b13-11-,25-23-,31-29-,38-17-. The van der Waals surface area contributed by atoms with Crippen molar-refractivity contribution < 1.29 is 24.5 Å². The van der Waals surface area contributed by atoms with Gasteiger partial charge in [-0.15, -0.1) is 0 Å². The van der Waals surface area contributed by atoms with Crippen LogP contribution in [0.4, 0.5) is 0 Å². The Kier molecular flexibility index (Phi) is 66.4. The van der Waals surface area contributed by atoms with Gasteiger partial charge in [-0.05, 0) is 89.9 Å². The van der Waals surface area contributed by atoms with E-state index in [1.54, 1.807) is 0 Å². The Bertz CT molecular complexity index is 1320. The molecule has 0 saturated heterocycles. The molecule has 0 radical (unpaired) electrons. The molecule has 464 valence electrons. The van der Waals surface area contributed by atoms with E-state index < -0.39 is 12.1 Å². The van der Waals surface area contributed by atoms with Crippen molar-refractivity contribution >= 4 is 11.9 Å². The van der Waals surface area contributed by atoms with Gasteiger partial charge in [0.2, 0.25) is 5.91 Å². The smallest absolute Gasteiger partial charge is 0.305 e. The van der Waals surface area contributed by atoms with Gasteiger partial charge in [-0.3, -0.25) is 9.59 Å². The van der Waals surface area contributed by atoms with E-state index in [0.29, 0.717) is 25.9 Å². The maximum Gasteiger partial charge on any atom is 0.305 e. The minimum Gasteiger partial charge on any atom is -0.466 e. The van der Waals surface area contributed by atoms with E-state index in [1.807, 2.05) is 0 Å². The third-order valence-corrected chi connectivity index (χ3v) is 16.4. The minimum absolute atomic E-state index is 0.000169. The van der Waals surface area contributed by atoms with E-state index in [2.05, 4.69) is 67.8 Å². The lowest BCUT2D eigenvalue weighted by Crippen LogP contribution is -2.45. The molecule has 2 unspecified atom stereocenters. The van der Waals surface area contributed by atoms with Crippen molar-refractivity contribution in [2.45, 2.75) is 392 Å². The summed E-state index contributed by atoms with van der Waals surface area (Å²) in [5.41, 5.74) is 0. The fourth-order valence-corrected chi connectivity index (χ4v) is 10.9. The maximum atomic E-state index is 12.5. The summed E-state index contributed by atoms with van der Waals surface area (Å²) in [6.45, 7) is 4.94. The molecular formula is C73H137NO5. The normalized spacial score (nSPS) is 12.8. The maximum absolute atomic E-state index is 12.5. The number of nitrogens with one attached hydrogen (secondary N) is 1. The van der Waals surface area contributed by atoms with Crippen LogP contribution in [0.5, 0.6) is 0 Å². The molecule has 0 aromatic carbocycles. The van der Waals surface area contributed by atoms with E-state index in [4.69, 9.17) is 4.74 Å². The number of ether oxygens (including phenoxy) is 1. The van der Waals surface area contributed by atoms with Gasteiger partial charge in [0.25, 0.3) is 0 Å². The van der Waals surface area contributed by atoms with Crippen LogP contribution in [0.25, 0.3) is 0 Å². The highest BCUT2D eigenvalue weighted by Gasteiger charge is 2.20. The Balaban J connectivity index is 3.38. The molecule has 0 rings (SSSR count). The quantitative estimate of drug-likeness (QED) is 0.0320. The molecule has 0 spiro atoms. The van der Waals surface area contributed by atoms with Gasteiger partial charge in [0.1, 0.15) is 0 Å². The van der Waals surface area contributed by atoms with Crippen LogP contribution in [-0.4, -0.2) is 47.4 Å². The highest BCUT2D eigenvalue weighted by atomic mass is 16.5. The summed E-state index contributed by atoms with van der Waals surface area (Å²) in [6.07, 6.45) is 88.8. The van der Waals surface area contributed by atoms with E-state index >= 15 is 0 Å². The first-order valence-electron chi connectivity index (χ1n) is 35.4. The van der Waals surface area contributed by atoms with Gasteiger partial charge in [0.15, 0.2) is 0 Å². The number of allylic oxidation sites excluding steroid dienone is 8. The second-order valence-electron chi connectivity index (χ2n) is 24.2. The van der Waals surface area contributed by atoms with Crippen molar-refractivity contribution in [3.63, 3.8) is 0 Å². The SMILES string of the molecule is CCCCC/C=C\C/C=C\CCCCCCCC(=O)OCCCCCCCCCCC/C=C\C/C=C\CCCCCCCCCCCCCCCCCCCC(=O)NC(CO)C(O)CCCCCCCCCCCCCCCC. The first-order chi connectivity index (χ1) is 39.0. The van der Waals surface area contributed by atoms with Crippen molar-refractivity contribution in [3.05, 3.63) is 48.6 Å². The Morgan fingerprint density at radius 1 is 0.354 bits per heavy atom. The average Bonchev–Trinajstić information content (AvgIpc) is 3.45. The molecule has 79 heavy (non-hydrogen) atoms. The van der Waals surface area contributed by atoms with E-state index in [-0.39, 0.29) is 18.5 Å². The monoisotopic (exact) mass is 1110 g/mol.